The van der Waals surface area contributed by atoms with Gasteiger partial charge in [-0.25, -0.2) is 4.98 Å². The SMILES string of the molecule is C=CC(Nc1ccc(C)cn1)c1ccc(CC)cc1. The first-order valence-electron chi connectivity index (χ1n) is 6.63. The van der Waals surface area contributed by atoms with Crippen molar-refractivity contribution in [1.82, 2.24) is 4.98 Å². The van der Waals surface area contributed by atoms with Crippen LogP contribution >= 0.6 is 0 Å². The van der Waals surface area contributed by atoms with Crippen molar-refractivity contribution in [3.8, 4) is 0 Å². The molecule has 1 aromatic carbocycles. The van der Waals surface area contributed by atoms with Crippen LogP contribution in [0.2, 0.25) is 0 Å². The number of nitrogens with zero attached hydrogens (tertiary/aromatic N) is 1. The van der Waals surface area contributed by atoms with Gasteiger partial charge >= 0.3 is 0 Å². The topological polar surface area (TPSA) is 24.9 Å². The first-order valence-corrected chi connectivity index (χ1v) is 6.63. The van der Waals surface area contributed by atoms with Gasteiger partial charge in [-0.2, -0.15) is 0 Å². The first-order chi connectivity index (χ1) is 9.22. The molecule has 2 aromatic rings. The molecule has 98 valence electrons. The predicted octanol–water partition coefficient (Wildman–Crippen LogP) is 4.29. The van der Waals surface area contributed by atoms with Crippen molar-refractivity contribution < 1.29 is 0 Å². The number of anilines is 1. The summed E-state index contributed by atoms with van der Waals surface area (Å²) in [6, 6.07) is 12.7. The summed E-state index contributed by atoms with van der Waals surface area (Å²) >= 11 is 0. The lowest BCUT2D eigenvalue weighted by Crippen LogP contribution is -2.09. The number of aromatic nitrogens is 1. The largest absolute Gasteiger partial charge is 0.360 e. The molecule has 0 aliphatic rings. The Labute approximate surface area is 115 Å². The van der Waals surface area contributed by atoms with Crippen molar-refractivity contribution in [3.05, 3.63) is 71.9 Å². The van der Waals surface area contributed by atoms with Crippen LogP contribution in [0.3, 0.4) is 0 Å². The summed E-state index contributed by atoms with van der Waals surface area (Å²) in [4.78, 5) is 4.37. The molecule has 2 nitrogen and oxygen atoms in total. The second kappa shape index (κ2) is 6.19. The highest BCUT2D eigenvalue weighted by atomic mass is 15.0. The van der Waals surface area contributed by atoms with E-state index in [0.29, 0.717) is 0 Å². The van der Waals surface area contributed by atoms with E-state index < -0.39 is 0 Å². The maximum atomic E-state index is 4.37. The highest BCUT2D eigenvalue weighted by Crippen LogP contribution is 2.20. The lowest BCUT2D eigenvalue weighted by Gasteiger charge is -2.16. The van der Waals surface area contributed by atoms with Crippen molar-refractivity contribution in [3.63, 3.8) is 0 Å². The number of rotatable bonds is 5. The Balaban J connectivity index is 2.14. The molecule has 1 heterocycles. The van der Waals surface area contributed by atoms with Crippen molar-refractivity contribution >= 4 is 5.82 Å². The number of aryl methyl sites for hydroxylation is 2. The van der Waals surface area contributed by atoms with Crippen LogP contribution in [-0.4, -0.2) is 4.98 Å². The molecule has 0 saturated carbocycles. The van der Waals surface area contributed by atoms with Crippen LogP contribution in [0.15, 0.2) is 55.3 Å². The average Bonchev–Trinajstić information content (AvgIpc) is 2.47. The molecule has 0 radical (unpaired) electrons. The third kappa shape index (κ3) is 3.44. The molecule has 0 amide bonds. The van der Waals surface area contributed by atoms with Crippen molar-refractivity contribution in [2.24, 2.45) is 0 Å². The lowest BCUT2D eigenvalue weighted by atomic mass is 10.0. The summed E-state index contributed by atoms with van der Waals surface area (Å²) in [6.45, 7) is 8.10. The number of nitrogens with one attached hydrogen (secondary N) is 1. The van der Waals surface area contributed by atoms with Gasteiger partial charge in [0, 0.05) is 6.20 Å². The predicted molar refractivity (Wildman–Crippen MR) is 81.4 cm³/mol. The molecule has 19 heavy (non-hydrogen) atoms. The van der Waals surface area contributed by atoms with Gasteiger partial charge in [0.05, 0.1) is 6.04 Å². The van der Waals surface area contributed by atoms with Gasteiger partial charge < -0.3 is 5.32 Å². The maximum Gasteiger partial charge on any atom is 0.126 e. The summed E-state index contributed by atoms with van der Waals surface area (Å²) in [5.41, 5.74) is 3.71. The molecule has 0 saturated heterocycles. The smallest absolute Gasteiger partial charge is 0.126 e. The molecule has 0 bridgehead atoms. The minimum atomic E-state index is 0.0844. The van der Waals surface area contributed by atoms with Gasteiger partial charge in [0.1, 0.15) is 5.82 Å². The zero-order valence-electron chi connectivity index (χ0n) is 11.6. The quantitative estimate of drug-likeness (QED) is 0.803. The zero-order chi connectivity index (χ0) is 13.7. The molecule has 0 aliphatic carbocycles. The second-order valence-corrected chi connectivity index (χ2v) is 4.67. The molecule has 1 unspecified atom stereocenters. The van der Waals surface area contributed by atoms with E-state index in [2.05, 4.69) is 54.1 Å². The van der Waals surface area contributed by atoms with E-state index in [4.69, 9.17) is 0 Å². The zero-order valence-corrected chi connectivity index (χ0v) is 11.6. The van der Waals surface area contributed by atoms with Gasteiger partial charge in [-0.1, -0.05) is 43.3 Å². The van der Waals surface area contributed by atoms with E-state index >= 15 is 0 Å². The van der Waals surface area contributed by atoms with E-state index in [9.17, 15) is 0 Å². The summed E-state index contributed by atoms with van der Waals surface area (Å²) in [6.07, 6.45) is 4.83. The Morgan fingerprint density at radius 1 is 1.21 bits per heavy atom. The van der Waals surface area contributed by atoms with E-state index in [-0.39, 0.29) is 6.04 Å². The van der Waals surface area contributed by atoms with E-state index in [1.165, 1.54) is 11.1 Å². The van der Waals surface area contributed by atoms with Gasteiger partial charge in [-0.3, -0.25) is 0 Å². The molecule has 2 rings (SSSR count). The van der Waals surface area contributed by atoms with Crippen LogP contribution in [0.1, 0.15) is 29.7 Å². The molecule has 2 heteroatoms. The van der Waals surface area contributed by atoms with Gasteiger partial charge in [0.15, 0.2) is 0 Å². The number of pyridine rings is 1. The normalized spacial score (nSPS) is 11.9. The molecular formula is C17H20N2. The highest BCUT2D eigenvalue weighted by Gasteiger charge is 2.07. The second-order valence-electron chi connectivity index (χ2n) is 4.67. The van der Waals surface area contributed by atoms with Crippen LogP contribution in [0.5, 0.6) is 0 Å². The van der Waals surface area contributed by atoms with Crippen LogP contribution in [0.25, 0.3) is 0 Å². The number of hydrogen-bond acceptors (Lipinski definition) is 2. The van der Waals surface area contributed by atoms with Crippen molar-refractivity contribution in [2.75, 3.05) is 5.32 Å². The van der Waals surface area contributed by atoms with Crippen molar-refractivity contribution in [1.29, 1.82) is 0 Å². The fraction of sp³-hybridized carbons (Fsp3) is 0.235. The molecular weight excluding hydrogens is 232 g/mol. The van der Waals surface area contributed by atoms with Crippen molar-refractivity contribution in [2.45, 2.75) is 26.3 Å². The molecule has 0 spiro atoms. The standard InChI is InChI=1S/C17H20N2/c1-4-14-7-9-15(10-8-14)16(5-2)19-17-11-6-13(3)12-18-17/h5-12,16H,2,4H2,1,3H3,(H,18,19). The maximum absolute atomic E-state index is 4.37. The molecule has 1 aromatic heterocycles. The van der Waals surface area contributed by atoms with E-state index in [0.717, 1.165) is 17.8 Å². The van der Waals surface area contributed by atoms with Crippen LogP contribution < -0.4 is 5.32 Å². The monoisotopic (exact) mass is 252 g/mol. The number of benzene rings is 1. The summed E-state index contributed by atoms with van der Waals surface area (Å²) in [7, 11) is 0. The summed E-state index contributed by atoms with van der Waals surface area (Å²) in [5, 5.41) is 3.38. The van der Waals surface area contributed by atoms with E-state index in [1.807, 2.05) is 25.3 Å². The molecule has 0 aliphatic heterocycles. The van der Waals surface area contributed by atoms with Gasteiger partial charge in [0.25, 0.3) is 0 Å². The Hall–Kier alpha value is -2.09. The highest BCUT2D eigenvalue weighted by molar-refractivity contribution is 5.41. The van der Waals surface area contributed by atoms with Gasteiger partial charge in [0.2, 0.25) is 0 Å². The van der Waals surface area contributed by atoms with Crippen LogP contribution in [0, 0.1) is 6.92 Å². The fourth-order valence-electron chi connectivity index (χ4n) is 1.95. The molecule has 1 N–H and O–H groups in total. The Bertz CT molecular complexity index is 526. The Morgan fingerprint density at radius 2 is 1.95 bits per heavy atom. The third-order valence-electron chi connectivity index (χ3n) is 3.20. The minimum Gasteiger partial charge on any atom is -0.360 e. The third-order valence-corrected chi connectivity index (χ3v) is 3.20. The van der Waals surface area contributed by atoms with Crippen LogP contribution in [-0.2, 0) is 6.42 Å². The Morgan fingerprint density at radius 3 is 2.47 bits per heavy atom. The lowest BCUT2D eigenvalue weighted by molar-refractivity contribution is 0.965. The number of hydrogen-bond donors (Lipinski definition) is 1. The molecule has 0 fully saturated rings. The fourth-order valence-corrected chi connectivity index (χ4v) is 1.95. The Kier molecular flexibility index (Phi) is 4.35. The summed E-state index contributed by atoms with van der Waals surface area (Å²) < 4.78 is 0. The minimum absolute atomic E-state index is 0.0844. The summed E-state index contributed by atoms with van der Waals surface area (Å²) in [5.74, 6) is 0.870. The molecule has 1 atom stereocenters. The average molecular weight is 252 g/mol. The van der Waals surface area contributed by atoms with Gasteiger partial charge in [-0.15, -0.1) is 6.58 Å². The first kappa shape index (κ1) is 13.3. The van der Waals surface area contributed by atoms with E-state index in [1.54, 1.807) is 0 Å². The van der Waals surface area contributed by atoms with Gasteiger partial charge in [-0.05, 0) is 36.1 Å². The van der Waals surface area contributed by atoms with Crippen LogP contribution in [0.4, 0.5) is 5.82 Å².